The van der Waals surface area contributed by atoms with Gasteiger partial charge in [0.1, 0.15) is 0 Å². The third-order valence-electron chi connectivity index (χ3n) is 11.0. The Morgan fingerprint density at radius 3 is 2.47 bits per heavy atom. The molecule has 0 aromatic carbocycles. The predicted octanol–water partition coefficient (Wildman–Crippen LogP) is -0.841. The van der Waals surface area contributed by atoms with E-state index in [9.17, 15) is 28.8 Å². The number of aliphatic imine (C=N–C) groups is 1. The average Bonchev–Trinajstić information content (AvgIpc) is 3.03. The Morgan fingerprint density at radius 2 is 1.81 bits per heavy atom. The molecule has 0 heterocycles. The van der Waals surface area contributed by atoms with Crippen LogP contribution in [0.15, 0.2) is 4.99 Å². The van der Waals surface area contributed by atoms with Crippen LogP contribution in [0.5, 0.6) is 0 Å². The van der Waals surface area contributed by atoms with Crippen LogP contribution < -0.4 is 34.7 Å². The van der Waals surface area contributed by atoms with Gasteiger partial charge in [0.25, 0.3) is 10.1 Å². The molecule has 0 bridgehead atoms. The van der Waals surface area contributed by atoms with E-state index in [1.807, 2.05) is 0 Å². The largest absolute Gasteiger partial charge is 1.00 e. The maximum atomic E-state index is 12.3. The number of aliphatic hydroxyl groups excluding tert-OH is 2. The summed E-state index contributed by atoms with van der Waals surface area (Å²) in [6.07, 6.45) is 6.49. The van der Waals surface area contributed by atoms with Gasteiger partial charge in [-0.25, -0.2) is 0 Å². The molecular formula is C26H44NNaO7S. The number of aliphatic hydroxyl groups is 3. The Balaban J connectivity index is 0.00000361. The van der Waals surface area contributed by atoms with Gasteiger partial charge in [0.2, 0.25) is 0 Å². The van der Waals surface area contributed by atoms with Gasteiger partial charge in [-0.3, -0.25) is 4.55 Å². The van der Waals surface area contributed by atoms with Crippen molar-refractivity contribution in [2.45, 2.75) is 103 Å². The maximum Gasteiger partial charge on any atom is 1.00 e. The fourth-order valence-electron chi connectivity index (χ4n) is 9.06. The van der Waals surface area contributed by atoms with Crippen LogP contribution >= 0.6 is 0 Å². The van der Waals surface area contributed by atoms with Crippen LogP contribution in [-0.2, 0) is 10.1 Å². The molecule has 0 aromatic heterocycles. The topological polar surface area (TPSA) is 150 Å². The van der Waals surface area contributed by atoms with Crippen molar-refractivity contribution in [2.75, 3.05) is 12.3 Å². The van der Waals surface area contributed by atoms with E-state index >= 15 is 0 Å². The van der Waals surface area contributed by atoms with Crippen molar-refractivity contribution in [3.05, 3.63) is 0 Å². The van der Waals surface area contributed by atoms with E-state index in [0.29, 0.717) is 25.2 Å². The molecule has 4 saturated carbocycles. The van der Waals surface area contributed by atoms with Crippen molar-refractivity contribution < 1.29 is 63.0 Å². The van der Waals surface area contributed by atoms with Crippen molar-refractivity contribution in [1.29, 1.82) is 0 Å². The molecule has 4 N–H and O–H groups in total. The maximum absolute atomic E-state index is 12.3. The van der Waals surface area contributed by atoms with E-state index in [4.69, 9.17) is 4.55 Å². The van der Waals surface area contributed by atoms with E-state index in [-0.39, 0.29) is 89.0 Å². The molecule has 4 aliphatic rings. The van der Waals surface area contributed by atoms with Gasteiger partial charge in [0.15, 0.2) is 0 Å². The number of nitrogens with zero attached hydrogens (tertiary/aromatic N) is 1. The van der Waals surface area contributed by atoms with Crippen molar-refractivity contribution >= 4 is 16.0 Å². The molecule has 4 aliphatic carbocycles. The number of fused-ring (bicyclic) bond motifs is 5. The van der Waals surface area contributed by atoms with Crippen molar-refractivity contribution in [1.82, 2.24) is 0 Å². The molecule has 10 atom stereocenters. The number of hydrogen-bond acceptors (Lipinski definition) is 7. The van der Waals surface area contributed by atoms with Gasteiger partial charge in [-0.1, -0.05) is 20.8 Å². The Kier molecular flexibility index (Phi) is 9.43. The first-order valence-corrected chi connectivity index (χ1v) is 15.1. The summed E-state index contributed by atoms with van der Waals surface area (Å²) in [5.41, 5.74) is -1.24. The molecule has 4 fully saturated rings. The van der Waals surface area contributed by atoms with E-state index in [0.717, 1.165) is 38.5 Å². The van der Waals surface area contributed by atoms with E-state index < -0.39 is 27.6 Å². The summed E-state index contributed by atoms with van der Waals surface area (Å²) in [4.78, 5) is 3.76. The SMILES string of the molecule is C[C@H](CCC([O-])=NCCS(=O)(=O)O)[C@H]1CC[C@@]2(O)[C@@H]3[C@H](O)C[C@@H]4C[C@H](O)CC[C@]4(C)[C@H]3CC[C@]12C.[Na+]. The van der Waals surface area contributed by atoms with E-state index in [2.05, 4.69) is 25.8 Å². The Hall–Kier alpha value is 0.260. The molecule has 0 amide bonds. The van der Waals surface area contributed by atoms with Crippen LogP contribution in [0.2, 0.25) is 0 Å². The molecule has 0 aliphatic heterocycles. The normalized spacial score (nSPS) is 45.7. The van der Waals surface area contributed by atoms with Crippen LogP contribution in [0.4, 0.5) is 0 Å². The third-order valence-corrected chi connectivity index (χ3v) is 11.7. The van der Waals surface area contributed by atoms with Crippen LogP contribution in [0.3, 0.4) is 0 Å². The predicted molar refractivity (Wildman–Crippen MR) is 131 cm³/mol. The standard InChI is InChI=1S/C26H45NO7S.Na/c1-16(4-5-22(30)27-12-13-35(32,33)34)19-8-11-26(31)23-20(7-10-25(19,26)3)24(2)9-6-18(28)14-17(24)15-21(23)29;/h16-21,23,28-29,31H,4-15H2,1-3H3,(H,27,30)(H,32,33,34);/q;+1/p-1/t16-,17+,18-,19-,20+,21-,23+,24+,25-,26-;/m1./s1. The van der Waals surface area contributed by atoms with Gasteiger partial charge < -0.3 is 25.4 Å². The zero-order chi connectivity index (χ0) is 25.8. The first kappa shape index (κ1) is 30.8. The fourth-order valence-corrected chi connectivity index (χ4v) is 9.38. The first-order chi connectivity index (χ1) is 16.2. The quantitative estimate of drug-likeness (QED) is 0.143. The molecule has 0 aromatic rings. The molecule has 202 valence electrons. The molecule has 0 radical (unpaired) electrons. The molecule has 36 heavy (non-hydrogen) atoms. The zero-order valence-electron chi connectivity index (χ0n) is 22.4. The molecule has 4 rings (SSSR count). The number of hydrogen-bond donors (Lipinski definition) is 4. The van der Waals surface area contributed by atoms with Crippen LogP contribution in [0.1, 0.15) is 85.0 Å². The number of rotatable bonds is 7. The Morgan fingerprint density at radius 1 is 1.11 bits per heavy atom. The van der Waals surface area contributed by atoms with Crippen LogP contribution in [-0.4, -0.2) is 64.3 Å². The van der Waals surface area contributed by atoms with Crippen molar-refractivity contribution in [3.63, 3.8) is 0 Å². The minimum atomic E-state index is -4.13. The molecule has 10 heteroatoms. The third kappa shape index (κ3) is 5.47. The smallest absolute Gasteiger partial charge is 0.862 e. The minimum absolute atomic E-state index is 0. The Labute approximate surface area is 238 Å². The second-order valence-corrected chi connectivity index (χ2v) is 14.2. The van der Waals surface area contributed by atoms with Gasteiger partial charge in [-0.15, -0.1) is 0 Å². The summed E-state index contributed by atoms with van der Waals surface area (Å²) in [6, 6.07) is 0. The van der Waals surface area contributed by atoms with E-state index in [1.54, 1.807) is 0 Å². The summed E-state index contributed by atoms with van der Waals surface area (Å²) in [5, 5.41) is 46.1. The Bertz CT molecular complexity index is 931. The van der Waals surface area contributed by atoms with Gasteiger partial charge in [0.05, 0.1) is 30.1 Å². The summed E-state index contributed by atoms with van der Waals surface area (Å²) in [6.45, 7) is 6.40. The molecule has 8 nitrogen and oxygen atoms in total. The molecule has 0 spiro atoms. The van der Waals surface area contributed by atoms with Crippen LogP contribution in [0.25, 0.3) is 0 Å². The molecule has 0 saturated heterocycles. The first-order valence-electron chi connectivity index (χ1n) is 13.5. The van der Waals surface area contributed by atoms with Crippen molar-refractivity contribution in [2.24, 2.45) is 45.4 Å². The minimum Gasteiger partial charge on any atom is -0.862 e. The summed E-state index contributed by atoms with van der Waals surface area (Å²) < 4.78 is 30.4. The summed E-state index contributed by atoms with van der Waals surface area (Å²) >= 11 is 0. The summed E-state index contributed by atoms with van der Waals surface area (Å²) in [7, 11) is -4.13. The van der Waals surface area contributed by atoms with Crippen LogP contribution in [0, 0.1) is 40.4 Å². The van der Waals surface area contributed by atoms with Gasteiger partial charge in [-0.2, -0.15) is 8.42 Å². The molecule has 0 unspecified atom stereocenters. The fraction of sp³-hybridized carbons (Fsp3) is 0.962. The monoisotopic (exact) mass is 537 g/mol. The van der Waals surface area contributed by atoms with Crippen molar-refractivity contribution in [3.8, 4) is 0 Å². The van der Waals surface area contributed by atoms with Gasteiger partial charge >= 0.3 is 29.6 Å². The molecular weight excluding hydrogens is 493 g/mol. The van der Waals surface area contributed by atoms with E-state index in [1.165, 1.54) is 0 Å². The average molecular weight is 538 g/mol. The summed E-state index contributed by atoms with van der Waals surface area (Å²) in [5.74, 6) is -0.117. The van der Waals surface area contributed by atoms with Gasteiger partial charge in [-0.05, 0) is 105 Å². The second-order valence-electron chi connectivity index (χ2n) is 12.7. The second kappa shape index (κ2) is 11.0. The van der Waals surface area contributed by atoms with Gasteiger partial charge in [0, 0.05) is 5.92 Å². The zero-order valence-corrected chi connectivity index (χ0v) is 25.2.